The average Bonchev–Trinajstić information content (AvgIpc) is 3.21. The average molecular weight is 637 g/mol. The van der Waals surface area contributed by atoms with E-state index in [2.05, 4.69) is 182 Å². The van der Waals surface area contributed by atoms with Crippen LogP contribution in [0.25, 0.3) is 88.8 Å². The van der Waals surface area contributed by atoms with Crippen molar-refractivity contribution in [2.24, 2.45) is 0 Å². The third-order valence-corrected chi connectivity index (χ3v) is 9.50. The first-order valence-corrected chi connectivity index (χ1v) is 17.0. The van der Waals surface area contributed by atoms with Gasteiger partial charge in [-0.25, -0.2) is 9.97 Å². The monoisotopic (exact) mass is 636 g/mol. The molecule has 0 spiro atoms. The van der Waals surface area contributed by atoms with Crippen LogP contribution >= 0.6 is 0 Å². The summed E-state index contributed by atoms with van der Waals surface area (Å²) in [6, 6.07) is 68.7. The molecule has 234 valence electrons. The highest BCUT2D eigenvalue weighted by Gasteiger charge is 2.13. The van der Waals surface area contributed by atoms with Crippen LogP contribution in [-0.2, 0) is 0 Å². The second-order valence-electron chi connectivity index (χ2n) is 12.7. The maximum absolute atomic E-state index is 5.19. The molecule has 0 aliphatic rings. The van der Waals surface area contributed by atoms with Gasteiger partial charge in [-0.2, -0.15) is 0 Å². The standard InChI is InChI=1S/C48H32N2/c1-3-10-33(11-4-1)35-18-20-36(21-19-35)37-22-25-39(26-23-37)46-32-47(42-28-29-45-41(31-42)27-24-38-14-7-8-17-44(38)45)50-48(49-46)43-16-9-15-40(30-43)34-12-5-2-6-13-34/h1-32H. The summed E-state index contributed by atoms with van der Waals surface area (Å²) in [4.78, 5) is 10.4. The molecule has 0 fully saturated rings. The Morgan fingerprint density at radius 1 is 0.240 bits per heavy atom. The molecule has 8 aromatic carbocycles. The predicted molar refractivity (Wildman–Crippen MR) is 210 cm³/mol. The molecule has 0 saturated carbocycles. The zero-order chi connectivity index (χ0) is 33.3. The van der Waals surface area contributed by atoms with E-state index in [4.69, 9.17) is 9.97 Å². The topological polar surface area (TPSA) is 25.8 Å². The molecule has 9 rings (SSSR count). The van der Waals surface area contributed by atoms with Crippen LogP contribution in [0.15, 0.2) is 194 Å². The van der Waals surface area contributed by atoms with Crippen molar-refractivity contribution < 1.29 is 0 Å². The summed E-state index contributed by atoms with van der Waals surface area (Å²) in [6.45, 7) is 0. The number of hydrogen-bond acceptors (Lipinski definition) is 2. The van der Waals surface area contributed by atoms with Crippen LogP contribution in [0.3, 0.4) is 0 Å². The lowest BCUT2D eigenvalue weighted by Gasteiger charge is -2.12. The van der Waals surface area contributed by atoms with Gasteiger partial charge in [0.2, 0.25) is 0 Å². The number of hydrogen-bond donors (Lipinski definition) is 0. The fourth-order valence-corrected chi connectivity index (χ4v) is 6.83. The summed E-state index contributed by atoms with van der Waals surface area (Å²) < 4.78 is 0. The Labute approximate surface area is 292 Å². The van der Waals surface area contributed by atoms with Crippen molar-refractivity contribution in [3.8, 4) is 67.3 Å². The minimum Gasteiger partial charge on any atom is -0.228 e. The van der Waals surface area contributed by atoms with E-state index in [9.17, 15) is 0 Å². The van der Waals surface area contributed by atoms with E-state index < -0.39 is 0 Å². The first-order valence-electron chi connectivity index (χ1n) is 17.0. The largest absolute Gasteiger partial charge is 0.228 e. The molecule has 0 N–H and O–H groups in total. The lowest BCUT2D eigenvalue weighted by Crippen LogP contribution is -1.96. The Kier molecular flexibility index (Phi) is 7.53. The van der Waals surface area contributed by atoms with Crippen LogP contribution in [-0.4, -0.2) is 9.97 Å². The minimum absolute atomic E-state index is 0.703. The Hall–Kier alpha value is -6.64. The van der Waals surface area contributed by atoms with E-state index in [1.54, 1.807) is 0 Å². The Balaban J connectivity index is 1.12. The first kappa shape index (κ1) is 29.5. The van der Waals surface area contributed by atoms with Gasteiger partial charge in [0.25, 0.3) is 0 Å². The second-order valence-corrected chi connectivity index (χ2v) is 12.7. The van der Waals surface area contributed by atoms with Crippen LogP contribution in [0.4, 0.5) is 0 Å². The van der Waals surface area contributed by atoms with Gasteiger partial charge in [0.05, 0.1) is 11.4 Å². The molecular formula is C48H32N2. The van der Waals surface area contributed by atoms with Gasteiger partial charge in [0.1, 0.15) is 0 Å². The van der Waals surface area contributed by atoms with E-state index in [0.717, 1.165) is 33.6 Å². The molecule has 50 heavy (non-hydrogen) atoms. The summed E-state index contributed by atoms with van der Waals surface area (Å²) in [7, 11) is 0. The molecule has 0 unspecified atom stereocenters. The van der Waals surface area contributed by atoms with E-state index in [1.807, 2.05) is 12.1 Å². The van der Waals surface area contributed by atoms with Crippen LogP contribution < -0.4 is 0 Å². The van der Waals surface area contributed by atoms with Gasteiger partial charge in [-0.1, -0.05) is 176 Å². The van der Waals surface area contributed by atoms with Gasteiger partial charge < -0.3 is 0 Å². The molecule has 0 atom stereocenters. The fourth-order valence-electron chi connectivity index (χ4n) is 6.83. The maximum atomic E-state index is 5.19. The lowest BCUT2D eigenvalue weighted by atomic mass is 9.97. The molecule has 1 aromatic heterocycles. The van der Waals surface area contributed by atoms with Crippen LogP contribution in [0, 0.1) is 0 Å². The van der Waals surface area contributed by atoms with Gasteiger partial charge in [-0.3, -0.25) is 0 Å². The maximum Gasteiger partial charge on any atom is 0.160 e. The summed E-state index contributed by atoms with van der Waals surface area (Å²) in [5.74, 6) is 0.703. The third kappa shape index (κ3) is 5.74. The van der Waals surface area contributed by atoms with Crippen molar-refractivity contribution >= 4 is 21.5 Å². The summed E-state index contributed by atoms with van der Waals surface area (Å²) in [5, 5.41) is 4.93. The molecular weight excluding hydrogens is 605 g/mol. The number of nitrogens with zero attached hydrogens (tertiary/aromatic N) is 2. The molecule has 2 heteroatoms. The number of fused-ring (bicyclic) bond motifs is 3. The molecule has 0 saturated heterocycles. The molecule has 1 heterocycles. The third-order valence-electron chi connectivity index (χ3n) is 9.50. The van der Waals surface area contributed by atoms with Crippen molar-refractivity contribution in [3.05, 3.63) is 194 Å². The molecule has 0 aliphatic carbocycles. The SMILES string of the molecule is c1ccc(-c2ccc(-c3ccc(-c4cc(-c5ccc6c(ccc7ccccc76)c5)nc(-c5cccc(-c6ccccc6)c5)n4)cc3)cc2)cc1. The van der Waals surface area contributed by atoms with Gasteiger partial charge >= 0.3 is 0 Å². The summed E-state index contributed by atoms with van der Waals surface area (Å²) >= 11 is 0. The first-order chi connectivity index (χ1) is 24.7. The van der Waals surface area contributed by atoms with Crippen LogP contribution in [0.1, 0.15) is 0 Å². The van der Waals surface area contributed by atoms with E-state index in [0.29, 0.717) is 5.82 Å². The van der Waals surface area contributed by atoms with Gasteiger partial charge in [-0.05, 0) is 73.1 Å². The van der Waals surface area contributed by atoms with Gasteiger partial charge in [0, 0.05) is 16.7 Å². The van der Waals surface area contributed by atoms with Gasteiger partial charge in [0.15, 0.2) is 5.82 Å². The Morgan fingerprint density at radius 2 is 0.700 bits per heavy atom. The minimum atomic E-state index is 0.703. The molecule has 0 bridgehead atoms. The number of benzene rings is 8. The number of rotatable bonds is 6. The highest BCUT2D eigenvalue weighted by Crippen LogP contribution is 2.34. The molecule has 2 nitrogen and oxygen atoms in total. The van der Waals surface area contributed by atoms with E-state index >= 15 is 0 Å². The predicted octanol–water partition coefficient (Wildman–Crippen LogP) is 12.8. The molecule has 0 radical (unpaired) electrons. The van der Waals surface area contributed by atoms with E-state index in [1.165, 1.54) is 49.4 Å². The zero-order valence-corrected chi connectivity index (χ0v) is 27.4. The molecule has 9 aromatic rings. The second kappa shape index (κ2) is 12.8. The molecule has 0 aliphatic heterocycles. The number of aromatic nitrogens is 2. The van der Waals surface area contributed by atoms with Crippen molar-refractivity contribution in [2.75, 3.05) is 0 Å². The summed E-state index contributed by atoms with van der Waals surface area (Å²) in [6.07, 6.45) is 0. The van der Waals surface area contributed by atoms with Crippen molar-refractivity contribution in [1.82, 2.24) is 9.97 Å². The van der Waals surface area contributed by atoms with Crippen molar-refractivity contribution in [2.45, 2.75) is 0 Å². The fraction of sp³-hybridized carbons (Fsp3) is 0. The highest BCUT2D eigenvalue weighted by molar-refractivity contribution is 6.08. The van der Waals surface area contributed by atoms with Crippen LogP contribution in [0.5, 0.6) is 0 Å². The Morgan fingerprint density at radius 3 is 1.38 bits per heavy atom. The van der Waals surface area contributed by atoms with E-state index in [-0.39, 0.29) is 0 Å². The Bertz CT molecular complexity index is 2610. The quantitative estimate of drug-likeness (QED) is 0.170. The zero-order valence-electron chi connectivity index (χ0n) is 27.4. The summed E-state index contributed by atoms with van der Waals surface area (Å²) in [5.41, 5.74) is 12.0. The van der Waals surface area contributed by atoms with Crippen LogP contribution in [0.2, 0.25) is 0 Å². The normalized spacial score (nSPS) is 11.2. The van der Waals surface area contributed by atoms with Crippen molar-refractivity contribution in [1.29, 1.82) is 0 Å². The molecule has 0 amide bonds. The van der Waals surface area contributed by atoms with Crippen molar-refractivity contribution in [3.63, 3.8) is 0 Å². The smallest absolute Gasteiger partial charge is 0.160 e. The van der Waals surface area contributed by atoms with Gasteiger partial charge in [-0.15, -0.1) is 0 Å². The lowest BCUT2D eigenvalue weighted by molar-refractivity contribution is 1.18. The highest BCUT2D eigenvalue weighted by atomic mass is 14.9.